The van der Waals surface area contributed by atoms with Gasteiger partial charge < -0.3 is 33.8 Å². The number of unbranched alkanes of at least 4 members (excludes halogenated alkanes) is 47. The Labute approximate surface area is 619 Å². The van der Waals surface area contributed by atoms with Gasteiger partial charge in [-0.3, -0.25) is 37.3 Å². The highest BCUT2D eigenvalue weighted by molar-refractivity contribution is 7.47. The van der Waals surface area contributed by atoms with E-state index in [4.69, 9.17) is 37.0 Å². The van der Waals surface area contributed by atoms with Gasteiger partial charge in [-0.25, -0.2) is 9.13 Å². The molecule has 0 aliphatic rings. The van der Waals surface area contributed by atoms with Gasteiger partial charge in [-0.1, -0.05) is 376 Å². The van der Waals surface area contributed by atoms with Crippen molar-refractivity contribution < 1.29 is 80.2 Å². The lowest BCUT2D eigenvalue weighted by atomic mass is 10.00. The summed E-state index contributed by atoms with van der Waals surface area (Å²) in [4.78, 5) is 73.1. The fraction of sp³-hybridized carbons (Fsp3) is 0.951. The van der Waals surface area contributed by atoms with E-state index in [1.165, 1.54) is 231 Å². The maximum Gasteiger partial charge on any atom is 0.472 e. The van der Waals surface area contributed by atoms with Gasteiger partial charge in [0.1, 0.15) is 19.3 Å². The van der Waals surface area contributed by atoms with Crippen molar-refractivity contribution in [1.29, 1.82) is 0 Å². The molecule has 0 amide bonds. The molecule has 3 N–H and O–H groups in total. The lowest BCUT2D eigenvalue weighted by molar-refractivity contribution is -0.161. The number of carbonyl (C=O) groups excluding carboxylic acids is 4. The van der Waals surface area contributed by atoms with Gasteiger partial charge in [0.05, 0.1) is 26.4 Å². The standard InChI is InChI=1S/C82H160O17P2/c1-8-10-11-12-13-14-15-16-17-18-19-22-25-31-36-41-49-56-63-79(84)92-69-77(98-81(86)65-58-51-42-37-32-26-23-20-21-24-29-34-39-46-53-60-73(3)4)71-96-100(88,89)94-67-76(83)68-95-101(90,91)97-72-78(70-93-80(85)64-57-50-45-44-48-55-62-75(7)9-2)99-82(87)66-59-52-43-38-33-28-27-30-35-40-47-54-61-74(5)6/h73-78,83H,8-72H2,1-7H3,(H,88,89)(H,90,91)/t75?,76-,77-,78-/m1/s1. The van der Waals surface area contributed by atoms with E-state index >= 15 is 0 Å². The lowest BCUT2D eigenvalue weighted by Crippen LogP contribution is -2.30. The van der Waals surface area contributed by atoms with E-state index in [2.05, 4.69) is 48.5 Å². The van der Waals surface area contributed by atoms with Crippen LogP contribution in [0.2, 0.25) is 0 Å². The van der Waals surface area contributed by atoms with Crippen molar-refractivity contribution in [2.45, 2.75) is 446 Å². The van der Waals surface area contributed by atoms with E-state index in [1.54, 1.807) is 0 Å². The van der Waals surface area contributed by atoms with E-state index in [-0.39, 0.29) is 25.7 Å². The van der Waals surface area contributed by atoms with Gasteiger partial charge in [0.25, 0.3) is 0 Å². The molecule has 0 spiro atoms. The first-order valence-corrected chi connectivity index (χ1v) is 45.4. The fourth-order valence-electron chi connectivity index (χ4n) is 12.6. The van der Waals surface area contributed by atoms with E-state index in [0.717, 1.165) is 114 Å². The number of phosphoric acid groups is 2. The minimum atomic E-state index is -4.96. The highest BCUT2D eigenvalue weighted by Crippen LogP contribution is 2.45. The van der Waals surface area contributed by atoms with E-state index in [1.807, 2.05) is 0 Å². The van der Waals surface area contributed by atoms with Crippen LogP contribution < -0.4 is 0 Å². The molecular weight excluding hydrogens is 1320 g/mol. The first-order valence-electron chi connectivity index (χ1n) is 42.4. The second-order valence-corrected chi connectivity index (χ2v) is 33.6. The first-order chi connectivity index (χ1) is 48.8. The minimum Gasteiger partial charge on any atom is -0.462 e. The Morgan fingerprint density at radius 1 is 0.287 bits per heavy atom. The zero-order valence-corrected chi connectivity index (χ0v) is 68.2. The van der Waals surface area contributed by atoms with Crippen LogP contribution >= 0.6 is 15.6 Å². The van der Waals surface area contributed by atoms with Crippen LogP contribution in [0.4, 0.5) is 0 Å². The zero-order chi connectivity index (χ0) is 74.4. The third kappa shape index (κ3) is 74.7. The summed E-state index contributed by atoms with van der Waals surface area (Å²) in [6.45, 7) is 11.9. The largest absolute Gasteiger partial charge is 0.472 e. The molecule has 0 rings (SSSR count). The van der Waals surface area contributed by atoms with Crippen LogP contribution in [0.3, 0.4) is 0 Å². The molecule has 17 nitrogen and oxygen atoms in total. The van der Waals surface area contributed by atoms with E-state index in [9.17, 15) is 43.2 Å². The molecule has 0 saturated heterocycles. The first kappa shape index (κ1) is 99.1. The maximum atomic E-state index is 13.1. The summed E-state index contributed by atoms with van der Waals surface area (Å²) in [5.74, 6) is 0.200. The van der Waals surface area contributed by atoms with Crippen LogP contribution in [0.5, 0.6) is 0 Å². The predicted molar refractivity (Wildman–Crippen MR) is 414 cm³/mol. The molecule has 0 aliphatic heterocycles. The molecule has 0 fully saturated rings. The molecular formula is C82H160O17P2. The van der Waals surface area contributed by atoms with E-state index in [0.29, 0.717) is 25.7 Å². The number of hydrogen-bond donors (Lipinski definition) is 3. The monoisotopic (exact) mass is 1480 g/mol. The Kier molecular flexibility index (Phi) is 70.9. The van der Waals surface area contributed by atoms with Crippen molar-refractivity contribution in [2.75, 3.05) is 39.6 Å². The number of esters is 4. The molecule has 0 bridgehead atoms. The average molecular weight is 1480 g/mol. The van der Waals surface area contributed by atoms with Crippen LogP contribution in [-0.4, -0.2) is 96.7 Å². The Bertz CT molecular complexity index is 1960. The van der Waals surface area contributed by atoms with Crippen molar-refractivity contribution in [3.8, 4) is 0 Å². The smallest absolute Gasteiger partial charge is 0.462 e. The van der Waals surface area contributed by atoms with Gasteiger partial charge in [-0.2, -0.15) is 0 Å². The topological polar surface area (TPSA) is 237 Å². The highest BCUT2D eigenvalue weighted by atomic mass is 31.2. The fourth-order valence-corrected chi connectivity index (χ4v) is 14.2. The SMILES string of the molecule is CCCCCCCCCCCCCCCCCCCCC(=O)OC[C@H](COP(=O)(O)OC[C@@H](O)COP(=O)(O)OC[C@@H](COC(=O)CCCCCCCCC(C)CC)OC(=O)CCCCCCCCCCCCCCC(C)C)OC(=O)CCCCCCCCCCCCCCCCCC(C)C. The third-order valence-electron chi connectivity index (χ3n) is 19.5. The summed E-state index contributed by atoms with van der Waals surface area (Å²) < 4.78 is 68.8. The number of carbonyl (C=O) groups is 4. The van der Waals surface area contributed by atoms with Crippen molar-refractivity contribution >= 4 is 39.5 Å². The quantitative estimate of drug-likeness (QED) is 0.0222. The molecule has 0 saturated carbocycles. The molecule has 19 heteroatoms. The molecule has 0 aromatic rings. The number of aliphatic hydroxyl groups is 1. The zero-order valence-electron chi connectivity index (χ0n) is 66.4. The van der Waals surface area contributed by atoms with Gasteiger partial charge in [0.2, 0.25) is 0 Å². The molecule has 0 aromatic heterocycles. The van der Waals surface area contributed by atoms with Crippen LogP contribution in [0.25, 0.3) is 0 Å². The second-order valence-electron chi connectivity index (χ2n) is 30.7. The van der Waals surface area contributed by atoms with Crippen molar-refractivity contribution in [3.63, 3.8) is 0 Å². The molecule has 0 heterocycles. The third-order valence-corrected chi connectivity index (χ3v) is 21.4. The van der Waals surface area contributed by atoms with Crippen molar-refractivity contribution in [3.05, 3.63) is 0 Å². The molecule has 600 valence electrons. The van der Waals surface area contributed by atoms with Gasteiger partial charge in [-0.15, -0.1) is 0 Å². The number of phosphoric ester groups is 2. The van der Waals surface area contributed by atoms with Crippen LogP contribution in [-0.2, 0) is 65.4 Å². The summed E-state index contributed by atoms with van der Waals surface area (Å²) >= 11 is 0. The maximum absolute atomic E-state index is 13.1. The summed E-state index contributed by atoms with van der Waals surface area (Å²) in [6, 6.07) is 0. The van der Waals surface area contributed by atoms with Crippen LogP contribution in [0.1, 0.15) is 427 Å². The van der Waals surface area contributed by atoms with Crippen molar-refractivity contribution in [1.82, 2.24) is 0 Å². The van der Waals surface area contributed by atoms with Crippen LogP contribution in [0, 0.1) is 17.8 Å². The number of aliphatic hydroxyl groups excluding tert-OH is 1. The van der Waals surface area contributed by atoms with Gasteiger partial charge >= 0.3 is 39.5 Å². The number of hydrogen-bond acceptors (Lipinski definition) is 15. The summed E-state index contributed by atoms with van der Waals surface area (Å²) in [5.41, 5.74) is 0. The Balaban J connectivity index is 5.25. The summed E-state index contributed by atoms with van der Waals surface area (Å²) in [7, 11) is -9.92. The van der Waals surface area contributed by atoms with Gasteiger partial charge in [0, 0.05) is 25.7 Å². The number of rotatable bonds is 80. The minimum absolute atomic E-state index is 0.106. The van der Waals surface area contributed by atoms with E-state index < -0.39 is 97.5 Å². The van der Waals surface area contributed by atoms with Crippen LogP contribution in [0.15, 0.2) is 0 Å². The number of ether oxygens (including phenoxy) is 4. The molecule has 3 unspecified atom stereocenters. The molecule has 6 atom stereocenters. The van der Waals surface area contributed by atoms with Gasteiger partial charge in [-0.05, 0) is 43.4 Å². The van der Waals surface area contributed by atoms with Crippen molar-refractivity contribution in [2.24, 2.45) is 17.8 Å². The second kappa shape index (κ2) is 72.3. The average Bonchev–Trinajstić information content (AvgIpc) is 0.917. The molecule has 101 heavy (non-hydrogen) atoms. The Morgan fingerprint density at radius 3 is 0.752 bits per heavy atom. The highest BCUT2D eigenvalue weighted by Gasteiger charge is 2.30. The predicted octanol–water partition coefficient (Wildman–Crippen LogP) is 24.5. The normalized spacial score (nSPS) is 14.2. The molecule has 0 aromatic carbocycles. The molecule has 0 radical (unpaired) electrons. The Hall–Kier alpha value is -1.94. The summed E-state index contributed by atoms with van der Waals surface area (Å²) in [6.07, 6.45) is 61.1. The van der Waals surface area contributed by atoms with Gasteiger partial charge in [0.15, 0.2) is 12.2 Å². The molecule has 0 aliphatic carbocycles. The lowest BCUT2D eigenvalue weighted by Gasteiger charge is -2.21. The summed E-state index contributed by atoms with van der Waals surface area (Å²) in [5, 5.41) is 10.6. The Morgan fingerprint density at radius 2 is 0.505 bits per heavy atom.